The summed E-state index contributed by atoms with van der Waals surface area (Å²) >= 11 is 0. The van der Waals surface area contributed by atoms with E-state index in [0.29, 0.717) is 6.54 Å². The van der Waals surface area contributed by atoms with Gasteiger partial charge in [0.15, 0.2) is 5.96 Å². The number of hydrogen-bond acceptors (Lipinski definition) is 2. The highest BCUT2D eigenvalue weighted by atomic mass is 15.2. The fourth-order valence-corrected chi connectivity index (χ4v) is 2.97. The van der Waals surface area contributed by atoms with Crippen molar-refractivity contribution >= 4 is 5.96 Å². The second-order valence-electron chi connectivity index (χ2n) is 6.03. The number of rotatable bonds is 7. The van der Waals surface area contributed by atoms with E-state index in [-0.39, 0.29) is 0 Å². The van der Waals surface area contributed by atoms with E-state index < -0.39 is 0 Å². The van der Waals surface area contributed by atoms with Gasteiger partial charge in [-0.1, -0.05) is 43.2 Å². The third kappa shape index (κ3) is 5.68. The molecule has 0 unspecified atom stereocenters. The molecule has 2 N–H and O–H groups in total. The van der Waals surface area contributed by atoms with Crippen LogP contribution in [0, 0.1) is 0 Å². The van der Waals surface area contributed by atoms with Crippen LogP contribution in [-0.4, -0.2) is 43.6 Å². The van der Waals surface area contributed by atoms with Crippen molar-refractivity contribution in [2.45, 2.75) is 45.2 Å². The Morgan fingerprint density at radius 1 is 1.18 bits per heavy atom. The van der Waals surface area contributed by atoms with E-state index >= 15 is 0 Å². The van der Waals surface area contributed by atoms with Gasteiger partial charge in [-0.15, -0.1) is 0 Å². The monoisotopic (exact) mass is 302 g/mol. The maximum absolute atomic E-state index is 4.65. The first kappa shape index (κ1) is 16.8. The maximum atomic E-state index is 4.65. The first-order chi connectivity index (χ1) is 10.8. The second kappa shape index (κ2) is 9.46. The summed E-state index contributed by atoms with van der Waals surface area (Å²) in [6.07, 6.45) is 5.50. The Bertz CT molecular complexity index is 438. The summed E-state index contributed by atoms with van der Waals surface area (Å²) in [7, 11) is 2.24. The standard InChI is InChI=1S/C18H30N4/c1-3-19-18(21-15-16-9-5-4-6-10-16)20-13-14-22(2)17-11-7-8-12-17/h4-6,9-10,17H,3,7-8,11-15H2,1-2H3,(H2,19,20,21). The average molecular weight is 302 g/mol. The van der Waals surface area contributed by atoms with Gasteiger partial charge in [-0.3, -0.25) is 0 Å². The topological polar surface area (TPSA) is 39.7 Å². The van der Waals surface area contributed by atoms with Gasteiger partial charge in [0.05, 0.1) is 6.54 Å². The number of nitrogens with zero attached hydrogens (tertiary/aromatic N) is 2. The summed E-state index contributed by atoms with van der Waals surface area (Å²) in [6, 6.07) is 11.2. The third-order valence-electron chi connectivity index (χ3n) is 4.31. The van der Waals surface area contributed by atoms with Crippen LogP contribution in [0.3, 0.4) is 0 Å². The number of nitrogens with one attached hydrogen (secondary N) is 2. The van der Waals surface area contributed by atoms with Crippen molar-refractivity contribution in [3.63, 3.8) is 0 Å². The number of likely N-dealkylation sites (N-methyl/N-ethyl adjacent to an activating group) is 1. The highest BCUT2D eigenvalue weighted by molar-refractivity contribution is 5.79. The Morgan fingerprint density at radius 2 is 1.91 bits per heavy atom. The molecule has 0 atom stereocenters. The molecule has 1 aromatic rings. The van der Waals surface area contributed by atoms with E-state index in [0.717, 1.165) is 31.6 Å². The van der Waals surface area contributed by atoms with E-state index in [4.69, 9.17) is 0 Å². The van der Waals surface area contributed by atoms with Gasteiger partial charge in [-0.2, -0.15) is 0 Å². The lowest BCUT2D eigenvalue weighted by atomic mass is 10.2. The van der Waals surface area contributed by atoms with E-state index in [2.05, 4.69) is 58.8 Å². The minimum absolute atomic E-state index is 0.717. The van der Waals surface area contributed by atoms with Crippen LogP contribution in [0.1, 0.15) is 38.2 Å². The summed E-state index contributed by atoms with van der Waals surface area (Å²) in [6.45, 7) is 5.71. The zero-order valence-corrected chi connectivity index (χ0v) is 14.0. The SMILES string of the molecule is CCNC(=NCc1ccccc1)NCCN(C)C1CCCC1. The smallest absolute Gasteiger partial charge is 0.191 e. The lowest BCUT2D eigenvalue weighted by molar-refractivity contribution is 0.249. The Kier molecular flexibility index (Phi) is 7.23. The first-order valence-corrected chi connectivity index (χ1v) is 8.56. The van der Waals surface area contributed by atoms with Crippen molar-refractivity contribution < 1.29 is 0 Å². The van der Waals surface area contributed by atoms with Crippen molar-refractivity contribution in [2.24, 2.45) is 4.99 Å². The van der Waals surface area contributed by atoms with E-state index in [9.17, 15) is 0 Å². The predicted octanol–water partition coefficient (Wildman–Crippen LogP) is 2.62. The molecule has 1 fully saturated rings. The highest BCUT2D eigenvalue weighted by Gasteiger charge is 2.18. The predicted molar refractivity (Wildman–Crippen MR) is 94.1 cm³/mol. The van der Waals surface area contributed by atoms with Gasteiger partial charge >= 0.3 is 0 Å². The van der Waals surface area contributed by atoms with Crippen molar-refractivity contribution in [2.75, 3.05) is 26.7 Å². The van der Waals surface area contributed by atoms with Crippen LogP contribution in [0.4, 0.5) is 0 Å². The van der Waals surface area contributed by atoms with Crippen LogP contribution in [0.2, 0.25) is 0 Å². The molecule has 0 radical (unpaired) electrons. The molecule has 4 heteroatoms. The molecule has 0 aliphatic heterocycles. The molecule has 1 aromatic carbocycles. The summed E-state index contributed by atoms with van der Waals surface area (Å²) in [5.74, 6) is 0.908. The third-order valence-corrected chi connectivity index (χ3v) is 4.31. The Morgan fingerprint density at radius 3 is 2.59 bits per heavy atom. The normalized spacial score (nSPS) is 16.2. The van der Waals surface area contributed by atoms with E-state index in [1.54, 1.807) is 0 Å². The summed E-state index contributed by atoms with van der Waals surface area (Å²) in [5, 5.41) is 6.76. The van der Waals surface area contributed by atoms with Crippen LogP contribution < -0.4 is 10.6 Å². The molecule has 122 valence electrons. The van der Waals surface area contributed by atoms with E-state index in [1.807, 2.05) is 6.07 Å². The highest BCUT2D eigenvalue weighted by Crippen LogP contribution is 2.21. The minimum Gasteiger partial charge on any atom is -0.357 e. The fraction of sp³-hybridized carbons (Fsp3) is 0.611. The molecule has 0 saturated heterocycles. The molecule has 1 aliphatic rings. The molecule has 0 aromatic heterocycles. The first-order valence-electron chi connectivity index (χ1n) is 8.56. The quantitative estimate of drug-likeness (QED) is 0.601. The molecule has 0 bridgehead atoms. The number of hydrogen-bond donors (Lipinski definition) is 2. The molecule has 0 spiro atoms. The molecule has 2 rings (SSSR count). The largest absolute Gasteiger partial charge is 0.357 e. The molecule has 4 nitrogen and oxygen atoms in total. The van der Waals surface area contributed by atoms with Crippen molar-refractivity contribution in [3.8, 4) is 0 Å². The van der Waals surface area contributed by atoms with Crippen molar-refractivity contribution in [1.82, 2.24) is 15.5 Å². The lowest BCUT2D eigenvalue weighted by Crippen LogP contribution is -2.42. The van der Waals surface area contributed by atoms with Gasteiger partial charge in [-0.25, -0.2) is 4.99 Å². The molecule has 1 aliphatic carbocycles. The summed E-state index contributed by atoms with van der Waals surface area (Å²) < 4.78 is 0. The maximum Gasteiger partial charge on any atom is 0.191 e. The molecular formula is C18H30N4. The van der Waals surface area contributed by atoms with Gasteiger partial charge in [0.2, 0.25) is 0 Å². The number of guanidine groups is 1. The number of aliphatic imine (C=N–C) groups is 1. The van der Waals surface area contributed by atoms with Crippen molar-refractivity contribution in [3.05, 3.63) is 35.9 Å². The minimum atomic E-state index is 0.717. The molecule has 1 saturated carbocycles. The summed E-state index contributed by atoms with van der Waals surface area (Å²) in [4.78, 5) is 7.14. The zero-order chi connectivity index (χ0) is 15.6. The molecule has 0 heterocycles. The molecule has 22 heavy (non-hydrogen) atoms. The van der Waals surface area contributed by atoms with Gasteiger partial charge in [-0.05, 0) is 32.4 Å². The average Bonchev–Trinajstić information content (AvgIpc) is 3.08. The second-order valence-corrected chi connectivity index (χ2v) is 6.03. The Labute approximate surface area is 135 Å². The van der Waals surface area contributed by atoms with Gasteiger partial charge in [0, 0.05) is 25.7 Å². The zero-order valence-electron chi connectivity index (χ0n) is 14.0. The lowest BCUT2D eigenvalue weighted by Gasteiger charge is -2.24. The molecule has 0 amide bonds. The van der Waals surface area contributed by atoms with Crippen LogP contribution in [0.5, 0.6) is 0 Å². The Hall–Kier alpha value is -1.55. The van der Waals surface area contributed by atoms with Crippen LogP contribution in [-0.2, 0) is 6.54 Å². The van der Waals surface area contributed by atoms with Crippen LogP contribution >= 0.6 is 0 Å². The van der Waals surface area contributed by atoms with Crippen LogP contribution in [0.15, 0.2) is 35.3 Å². The Balaban J connectivity index is 1.75. The summed E-state index contributed by atoms with van der Waals surface area (Å²) in [5.41, 5.74) is 1.24. The van der Waals surface area contributed by atoms with Gasteiger partial charge in [0.1, 0.15) is 0 Å². The fourth-order valence-electron chi connectivity index (χ4n) is 2.97. The number of benzene rings is 1. The van der Waals surface area contributed by atoms with Gasteiger partial charge < -0.3 is 15.5 Å². The van der Waals surface area contributed by atoms with E-state index in [1.165, 1.54) is 31.2 Å². The van der Waals surface area contributed by atoms with Gasteiger partial charge in [0.25, 0.3) is 0 Å². The van der Waals surface area contributed by atoms with Crippen molar-refractivity contribution in [1.29, 1.82) is 0 Å². The molecular weight excluding hydrogens is 272 g/mol. The van der Waals surface area contributed by atoms with Crippen LogP contribution in [0.25, 0.3) is 0 Å².